The van der Waals surface area contributed by atoms with Gasteiger partial charge in [0.2, 0.25) is 0 Å². The fourth-order valence-electron chi connectivity index (χ4n) is 4.58. The van der Waals surface area contributed by atoms with E-state index in [-0.39, 0.29) is 24.0 Å². The zero-order valence-electron chi connectivity index (χ0n) is 18.7. The average molecular weight is 476 g/mol. The third-order valence-corrected chi connectivity index (χ3v) is 6.11. The van der Waals surface area contributed by atoms with Crippen LogP contribution in [0.25, 0.3) is 11.0 Å². The minimum Gasteiger partial charge on any atom is -0.355 e. The lowest BCUT2D eigenvalue weighted by atomic mass is 10.1. The lowest BCUT2D eigenvalue weighted by molar-refractivity contribution is 0.498. The summed E-state index contributed by atoms with van der Waals surface area (Å²) in [5.41, 5.74) is 9.19. The summed E-state index contributed by atoms with van der Waals surface area (Å²) in [4.78, 5) is 24.7. The predicted molar refractivity (Wildman–Crippen MR) is 134 cm³/mol. The van der Waals surface area contributed by atoms with Crippen molar-refractivity contribution >= 4 is 29.3 Å². The summed E-state index contributed by atoms with van der Waals surface area (Å²) in [7, 11) is 0. The number of aromatic nitrogens is 4. The summed E-state index contributed by atoms with van der Waals surface area (Å²) in [6, 6.07) is 17.9. The van der Waals surface area contributed by atoms with Crippen LogP contribution in [0.4, 0.5) is 5.82 Å². The smallest absolute Gasteiger partial charge is 0.278 e. The van der Waals surface area contributed by atoms with Crippen molar-refractivity contribution in [1.82, 2.24) is 19.1 Å². The summed E-state index contributed by atoms with van der Waals surface area (Å²) in [6.07, 6.45) is 5.11. The van der Waals surface area contributed by atoms with Crippen LogP contribution in [-0.2, 0) is 13.1 Å². The van der Waals surface area contributed by atoms with Crippen LogP contribution >= 0.6 is 12.4 Å². The molecule has 0 spiro atoms. The maximum atomic E-state index is 13.7. The van der Waals surface area contributed by atoms with Gasteiger partial charge in [-0.05, 0) is 30.5 Å². The Hall–Kier alpha value is -3.67. The molecule has 9 heteroatoms. The molecule has 1 aromatic carbocycles. The van der Waals surface area contributed by atoms with Crippen molar-refractivity contribution in [2.45, 2.75) is 32.0 Å². The Morgan fingerprint density at radius 2 is 1.88 bits per heavy atom. The quantitative estimate of drug-likeness (QED) is 0.475. The number of piperidine rings is 1. The maximum absolute atomic E-state index is 13.7. The molecule has 34 heavy (non-hydrogen) atoms. The molecule has 1 aliphatic rings. The number of nitrogens with two attached hydrogens (primary N) is 1. The van der Waals surface area contributed by atoms with Gasteiger partial charge in [-0.25, -0.2) is 4.98 Å². The Labute approximate surface area is 203 Å². The first-order valence-corrected chi connectivity index (χ1v) is 11.1. The van der Waals surface area contributed by atoms with Crippen LogP contribution in [0, 0.1) is 11.3 Å². The van der Waals surface area contributed by atoms with E-state index >= 15 is 0 Å². The first-order chi connectivity index (χ1) is 16.2. The van der Waals surface area contributed by atoms with Crippen molar-refractivity contribution in [3.8, 4) is 6.07 Å². The van der Waals surface area contributed by atoms with Crippen LogP contribution in [-0.4, -0.2) is 38.2 Å². The number of nitriles is 1. The second-order valence-electron chi connectivity index (χ2n) is 8.43. The first kappa shape index (κ1) is 23.5. The van der Waals surface area contributed by atoms with Crippen LogP contribution < -0.4 is 16.2 Å². The van der Waals surface area contributed by atoms with Gasteiger partial charge in [0.1, 0.15) is 28.5 Å². The summed E-state index contributed by atoms with van der Waals surface area (Å²) in [5.74, 6) is 0.728. The largest absolute Gasteiger partial charge is 0.355 e. The Kier molecular flexibility index (Phi) is 6.96. The molecule has 1 atom stereocenters. The Morgan fingerprint density at radius 3 is 2.59 bits per heavy atom. The SMILES string of the molecule is Cl.N#Cc1c(N2CCC[C@H](N)C2)n(Cc2ccccc2)c2c(=O)n(Cc3ccccn3)cnc12. The third-order valence-electron chi connectivity index (χ3n) is 6.11. The normalized spacial score (nSPS) is 15.6. The van der Waals surface area contributed by atoms with Crippen LogP contribution in [0.3, 0.4) is 0 Å². The molecule has 0 amide bonds. The highest BCUT2D eigenvalue weighted by Crippen LogP contribution is 2.32. The molecule has 2 N–H and O–H groups in total. The summed E-state index contributed by atoms with van der Waals surface area (Å²) >= 11 is 0. The number of fused-ring (bicyclic) bond motifs is 1. The van der Waals surface area contributed by atoms with E-state index in [0.717, 1.165) is 36.5 Å². The molecular weight excluding hydrogens is 450 g/mol. The molecule has 0 aliphatic carbocycles. The summed E-state index contributed by atoms with van der Waals surface area (Å²) in [5, 5.41) is 10.1. The number of hydrogen-bond donors (Lipinski definition) is 1. The minimum atomic E-state index is -0.189. The zero-order chi connectivity index (χ0) is 22.8. The van der Waals surface area contributed by atoms with Gasteiger partial charge in [0.15, 0.2) is 0 Å². The van der Waals surface area contributed by atoms with Crippen molar-refractivity contribution in [3.05, 3.63) is 88.2 Å². The van der Waals surface area contributed by atoms with Crippen molar-refractivity contribution in [1.29, 1.82) is 5.26 Å². The van der Waals surface area contributed by atoms with Gasteiger partial charge < -0.3 is 15.2 Å². The number of nitrogens with zero attached hydrogens (tertiary/aromatic N) is 6. The van der Waals surface area contributed by atoms with E-state index in [4.69, 9.17) is 5.73 Å². The zero-order valence-corrected chi connectivity index (χ0v) is 19.5. The molecule has 1 fully saturated rings. The minimum absolute atomic E-state index is 0. The number of hydrogen-bond acceptors (Lipinski definition) is 6. The second kappa shape index (κ2) is 10.1. The van der Waals surface area contributed by atoms with Crippen molar-refractivity contribution in [2.75, 3.05) is 18.0 Å². The molecule has 0 radical (unpaired) electrons. The topological polar surface area (TPSA) is 106 Å². The van der Waals surface area contributed by atoms with E-state index in [1.165, 1.54) is 6.33 Å². The molecule has 4 aromatic rings. The molecule has 8 nitrogen and oxygen atoms in total. The lowest BCUT2D eigenvalue weighted by Gasteiger charge is -2.33. The fraction of sp³-hybridized carbons (Fsp3) is 0.280. The highest BCUT2D eigenvalue weighted by Gasteiger charge is 2.28. The Morgan fingerprint density at radius 1 is 1.09 bits per heavy atom. The monoisotopic (exact) mass is 475 g/mol. The second-order valence-corrected chi connectivity index (χ2v) is 8.43. The molecule has 3 aromatic heterocycles. The van der Waals surface area contributed by atoms with E-state index < -0.39 is 0 Å². The van der Waals surface area contributed by atoms with E-state index in [0.29, 0.717) is 36.2 Å². The van der Waals surface area contributed by atoms with Gasteiger partial charge >= 0.3 is 0 Å². The molecule has 0 saturated carbocycles. The van der Waals surface area contributed by atoms with E-state index in [1.807, 2.05) is 53.1 Å². The van der Waals surface area contributed by atoms with Gasteiger partial charge in [-0.1, -0.05) is 36.4 Å². The van der Waals surface area contributed by atoms with Gasteiger partial charge in [0.05, 0.1) is 18.6 Å². The number of anilines is 1. The Balaban J connectivity index is 0.00000274. The first-order valence-electron chi connectivity index (χ1n) is 11.1. The summed E-state index contributed by atoms with van der Waals surface area (Å²) in [6.45, 7) is 2.20. The molecule has 5 rings (SSSR count). The van der Waals surface area contributed by atoms with Crippen LogP contribution in [0.15, 0.2) is 65.8 Å². The molecule has 0 bridgehead atoms. The highest BCUT2D eigenvalue weighted by atomic mass is 35.5. The van der Waals surface area contributed by atoms with Crippen LogP contribution in [0.1, 0.15) is 29.7 Å². The number of benzene rings is 1. The van der Waals surface area contributed by atoms with E-state index in [1.54, 1.807) is 10.8 Å². The fourth-order valence-corrected chi connectivity index (χ4v) is 4.58. The molecule has 1 aliphatic heterocycles. The number of rotatable bonds is 5. The van der Waals surface area contributed by atoms with E-state index in [9.17, 15) is 10.1 Å². The number of pyridine rings is 1. The van der Waals surface area contributed by atoms with Crippen LogP contribution in [0.5, 0.6) is 0 Å². The summed E-state index contributed by atoms with van der Waals surface area (Å²) < 4.78 is 3.50. The highest BCUT2D eigenvalue weighted by molar-refractivity contribution is 5.89. The number of halogens is 1. The molecule has 1 saturated heterocycles. The molecule has 0 unspecified atom stereocenters. The van der Waals surface area contributed by atoms with Gasteiger partial charge in [-0.2, -0.15) is 5.26 Å². The average Bonchev–Trinajstić information content (AvgIpc) is 3.16. The van der Waals surface area contributed by atoms with Gasteiger partial charge in [-0.3, -0.25) is 14.3 Å². The lowest BCUT2D eigenvalue weighted by Crippen LogP contribution is -2.44. The molecule has 174 valence electrons. The predicted octanol–water partition coefficient (Wildman–Crippen LogP) is 2.91. The Bertz CT molecular complexity index is 1380. The standard InChI is InChI=1S/C25H25N7O.ClH/c26-13-21-22-23(25(33)31(17-29-22)16-20-10-4-5-11-28-20)32(14-18-7-2-1-3-8-18)24(21)30-12-6-9-19(27)15-30;/h1-5,7-8,10-11,17,19H,6,9,12,14-16,27H2;1H/t19-;/m0./s1. The molecular formula is C25H26ClN7O. The van der Waals surface area contributed by atoms with E-state index in [2.05, 4.69) is 20.9 Å². The van der Waals surface area contributed by atoms with Crippen molar-refractivity contribution in [2.24, 2.45) is 5.73 Å². The van der Waals surface area contributed by atoms with Gasteiger partial charge in [0.25, 0.3) is 5.56 Å². The molecule has 4 heterocycles. The van der Waals surface area contributed by atoms with Gasteiger partial charge in [0, 0.05) is 31.9 Å². The van der Waals surface area contributed by atoms with Crippen molar-refractivity contribution < 1.29 is 0 Å². The van der Waals surface area contributed by atoms with Crippen molar-refractivity contribution in [3.63, 3.8) is 0 Å². The van der Waals surface area contributed by atoms with Gasteiger partial charge in [-0.15, -0.1) is 12.4 Å². The maximum Gasteiger partial charge on any atom is 0.278 e. The third kappa shape index (κ3) is 4.40. The van der Waals surface area contributed by atoms with Crippen LogP contribution in [0.2, 0.25) is 0 Å².